The van der Waals surface area contributed by atoms with Crippen molar-refractivity contribution in [2.75, 3.05) is 0 Å². The van der Waals surface area contributed by atoms with Gasteiger partial charge in [0.25, 0.3) is 0 Å². The lowest BCUT2D eigenvalue weighted by Gasteiger charge is -2.51. The highest BCUT2D eigenvalue weighted by Crippen LogP contribution is 2.39. The number of aliphatic hydroxyl groups excluding tert-OH is 1. The van der Waals surface area contributed by atoms with Gasteiger partial charge in [-0.15, -0.1) is 0 Å². The van der Waals surface area contributed by atoms with Gasteiger partial charge in [-0.3, -0.25) is 43.2 Å². The second-order valence-corrected chi connectivity index (χ2v) is 16.3. The molecule has 4 heterocycles. The fourth-order valence-corrected chi connectivity index (χ4v) is 8.18. The maximum Gasteiger partial charge on any atom is 0.303 e. The van der Waals surface area contributed by atoms with Crippen molar-refractivity contribution < 1.29 is 124 Å². The third-order valence-electron chi connectivity index (χ3n) is 10.5. The molecule has 0 bridgehead atoms. The summed E-state index contributed by atoms with van der Waals surface area (Å²) in [4.78, 5) is 113. The molecule has 0 amide bonds. The van der Waals surface area contributed by atoms with Crippen molar-refractivity contribution in [3.05, 3.63) is 0 Å². The number of rotatable bonds is 15. The number of carbonyl (C=O) groups excluding carboxylic acids is 9. The van der Waals surface area contributed by atoms with E-state index in [2.05, 4.69) is 0 Å². The van der Waals surface area contributed by atoms with Gasteiger partial charge in [0, 0.05) is 62.3 Å². The smallest absolute Gasteiger partial charge is 0.303 e. The first-order valence-corrected chi connectivity index (χ1v) is 21.5. The summed E-state index contributed by atoms with van der Waals surface area (Å²) >= 11 is 0. The highest BCUT2D eigenvalue weighted by molar-refractivity contribution is 5.70. The Bertz CT molecular complexity index is 1860. The van der Waals surface area contributed by atoms with E-state index in [1.54, 1.807) is 0 Å². The highest BCUT2D eigenvalue weighted by atomic mass is 16.8. The molecule has 0 aromatic heterocycles. The molecule has 26 heteroatoms. The SMILES string of the molecule is CC(=O)O[C@@H]1[C@@H](OC(C)=O)[C@H](C)O[C@@H](O[C@H]2[C@H](O[C@@H]3[C@@H](OC(C)=O)[C@H](OC(C)=O)[C@@H](C)O[C@@H]3O)O[C@H](C)[C@@H](OC(C)=O)[C@@H]2O[C@@H]2O[C@H](C)[C@@H](OC(C)=O)[C@H](OC(C)=O)[C@H]2OC(C)=O)[C@@H]1OC(C)=O. The van der Waals surface area contributed by atoms with Gasteiger partial charge in [0.05, 0.1) is 24.4 Å². The number of aliphatic hydroxyl groups is 1. The van der Waals surface area contributed by atoms with Crippen LogP contribution in [0.2, 0.25) is 0 Å². The normalized spacial score (nSPS) is 38.0. The van der Waals surface area contributed by atoms with E-state index in [9.17, 15) is 48.3 Å². The summed E-state index contributed by atoms with van der Waals surface area (Å²) in [6.45, 7) is 15.0. The summed E-state index contributed by atoms with van der Waals surface area (Å²) in [6.07, 6.45) is -32.3. The van der Waals surface area contributed by atoms with E-state index in [1.807, 2.05) is 0 Å². The minimum atomic E-state index is -1.97. The number of hydrogen-bond acceptors (Lipinski definition) is 26. The second kappa shape index (κ2) is 24.0. The fourth-order valence-electron chi connectivity index (χ4n) is 8.18. The van der Waals surface area contributed by atoms with Crippen LogP contribution in [-0.2, 0) is 119 Å². The van der Waals surface area contributed by atoms with Crippen LogP contribution in [0.4, 0.5) is 0 Å². The Morgan fingerprint density at radius 3 is 0.794 bits per heavy atom. The third-order valence-corrected chi connectivity index (χ3v) is 10.5. The van der Waals surface area contributed by atoms with Gasteiger partial charge in [0.2, 0.25) is 0 Å². The molecule has 1 N–H and O–H groups in total. The molecule has 0 spiro atoms. The van der Waals surface area contributed by atoms with E-state index < -0.39 is 177 Å². The van der Waals surface area contributed by atoms with Crippen molar-refractivity contribution >= 4 is 53.7 Å². The lowest BCUT2D eigenvalue weighted by Crippen LogP contribution is -2.69. The number of ether oxygens (including phenoxy) is 16. The Kier molecular flexibility index (Phi) is 19.6. The van der Waals surface area contributed by atoms with E-state index in [0.717, 1.165) is 62.3 Å². The number of carbonyl (C=O) groups is 9. The summed E-state index contributed by atoms with van der Waals surface area (Å²) in [7, 11) is 0. The summed E-state index contributed by atoms with van der Waals surface area (Å²) in [6, 6.07) is 0. The zero-order chi connectivity index (χ0) is 51.1. The van der Waals surface area contributed by atoms with E-state index in [1.165, 1.54) is 27.7 Å². The summed E-state index contributed by atoms with van der Waals surface area (Å²) in [5.41, 5.74) is 0. The van der Waals surface area contributed by atoms with E-state index >= 15 is 0 Å². The van der Waals surface area contributed by atoms with Gasteiger partial charge >= 0.3 is 53.7 Å². The minimum absolute atomic E-state index is 0.830. The summed E-state index contributed by atoms with van der Waals surface area (Å²) in [5.74, 6) is -8.09. The van der Waals surface area contributed by atoms with Crippen molar-refractivity contribution in [3.8, 4) is 0 Å². The van der Waals surface area contributed by atoms with E-state index in [4.69, 9.17) is 75.8 Å². The molecule has 0 aromatic rings. The molecule has 4 saturated heterocycles. The van der Waals surface area contributed by atoms with Crippen LogP contribution in [0.25, 0.3) is 0 Å². The molecule has 0 aliphatic carbocycles. The predicted octanol–water partition coefficient (Wildman–Crippen LogP) is -0.501. The quantitative estimate of drug-likeness (QED) is 0.160. The van der Waals surface area contributed by atoms with Crippen LogP contribution in [0.3, 0.4) is 0 Å². The van der Waals surface area contributed by atoms with Crippen LogP contribution >= 0.6 is 0 Å². The molecule has 26 nitrogen and oxygen atoms in total. The highest BCUT2D eigenvalue weighted by Gasteiger charge is 2.60. The largest absolute Gasteiger partial charge is 0.457 e. The van der Waals surface area contributed by atoms with Crippen LogP contribution < -0.4 is 0 Å². The Hall–Kier alpha value is -5.09. The molecular formula is C42H60O26. The molecule has 68 heavy (non-hydrogen) atoms. The number of hydrogen-bond donors (Lipinski definition) is 1. The molecule has 4 aliphatic heterocycles. The lowest BCUT2D eigenvalue weighted by atomic mass is 9.95. The molecule has 4 fully saturated rings. The molecule has 20 atom stereocenters. The van der Waals surface area contributed by atoms with Gasteiger partial charge in [-0.05, 0) is 27.7 Å². The predicted molar refractivity (Wildman–Crippen MR) is 214 cm³/mol. The summed E-state index contributed by atoms with van der Waals surface area (Å²) in [5, 5.41) is 11.4. The topological polar surface area (TPSA) is 322 Å². The molecule has 4 aliphatic rings. The first-order valence-electron chi connectivity index (χ1n) is 21.5. The van der Waals surface area contributed by atoms with Crippen LogP contribution in [0.5, 0.6) is 0 Å². The first kappa shape index (κ1) is 55.5. The Labute approximate surface area is 390 Å². The monoisotopic (exact) mass is 980 g/mol. The van der Waals surface area contributed by atoms with Crippen LogP contribution in [0.1, 0.15) is 90.0 Å². The summed E-state index contributed by atoms with van der Waals surface area (Å²) < 4.78 is 93.8. The third kappa shape index (κ3) is 14.5. The van der Waals surface area contributed by atoms with Gasteiger partial charge in [-0.25, -0.2) is 0 Å². The lowest BCUT2D eigenvalue weighted by molar-refractivity contribution is -0.403. The van der Waals surface area contributed by atoms with Crippen molar-refractivity contribution in [2.24, 2.45) is 0 Å². The van der Waals surface area contributed by atoms with Gasteiger partial charge in [0.15, 0.2) is 86.2 Å². The van der Waals surface area contributed by atoms with Crippen molar-refractivity contribution in [2.45, 2.75) is 213 Å². The zero-order valence-corrected chi connectivity index (χ0v) is 39.7. The maximum absolute atomic E-state index is 12.9. The number of esters is 9. The Morgan fingerprint density at radius 2 is 0.485 bits per heavy atom. The molecular weight excluding hydrogens is 920 g/mol. The molecule has 0 unspecified atom stereocenters. The van der Waals surface area contributed by atoms with Crippen LogP contribution in [0, 0.1) is 0 Å². The van der Waals surface area contributed by atoms with Crippen molar-refractivity contribution in [1.29, 1.82) is 0 Å². The van der Waals surface area contributed by atoms with Crippen molar-refractivity contribution in [3.63, 3.8) is 0 Å². The van der Waals surface area contributed by atoms with Gasteiger partial charge < -0.3 is 80.9 Å². The van der Waals surface area contributed by atoms with Gasteiger partial charge in [-0.2, -0.15) is 0 Å². The van der Waals surface area contributed by atoms with Gasteiger partial charge in [0.1, 0.15) is 12.2 Å². The molecule has 4 rings (SSSR count). The van der Waals surface area contributed by atoms with Crippen LogP contribution in [-0.4, -0.2) is 182 Å². The van der Waals surface area contributed by atoms with E-state index in [-0.39, 0.29) is 0 Å². The Morgan fingerprint density at radius 1 is 0.279 bits per heavy atom. The fraction of sp³-hybridized carbons (Fsp3) is 0.786. The average molecular weight is 981 g/mol. The molecule has 0 aromatic carbocycles. The standard InChI is InChI=1S/C42H60O26/c1-14-27(57-18(5)43)31(61-22(9)47)35(39(52)53-14)67-42-38(68-41-37(65-26(13)51)33(63-24(11)49)29(16(3)55-41)59-20(7)45)34(30(17(4)56-42)60-21(8)46)66-40-36(64-25(12)50)32(62-23(10)48)28(15(2)54-40)58-19(6)44/h14-17,27-42,52H,1-13H3/t14-,15-,16+,17-,27-,28-,29+,30-,31+,32+,33-,34+,35-,36-,37-,38-,39+,40+,41+,42+/m1/s1. The van der Waals surface area contributed by atoms with Crippen molar-refractivity contribution in [1.82, 2.24) is 0 Å². The minimum Gasteiger partial charge on any atom is -0.457 e. The zero-order valence-electron chi connectivity index (χ0n) is 39.7. The van der Waals surface area contributed by atoms with Crippen LogP contribution in [0.15, 0.2) is 0 Å². The maximum atomic E-state index is 12.9. The molecule has 0 radical (unpaired) electrons. The molecule has 384 valence electrons. The molecule has 0 saturated carbocycles. The first-order chi connectivity index (χ1) is 31.7. The average Bonchev–Trinajstić information content (AvgIpc) is 3.18. The Balaban J connectivity index is 1.98. The van der Waals surface area contributed by atoms with Gasteiger partial charge in [-0.1, -0.05) is 0 Å². The second-order valence-electron chi connectivity index (χ2n) is 16.3. The van der Waals surface area contributed by atoms with E-state index in [0.29, 0.717) is 0 Å².